The van der Waals surface area contributed by atoms with Gasteiger partial charge in [0.2, 0.25) is 11.8 Å². The van der Waals surface area contributed by atoms with Crippen LogP contribution in [-0.2, 0) is 25.5 Å². The Balaban J connectivity index is 1.26. The van der Waals surface area contributed by atoms with Crippen molar-refractivity contribution in [2.24, 2.45) is 11.8 Å². The average Bonchev–Trinajstić information content (AvgIpc) is 3.89. The van der Waals surface area contributed by atoms with Crippen LogP contribution in [0.2, 0.25) is 0 Å². The van der Waals surface area contributed by atoms with Gasteiger partial charge in [-0.05, 0) is 62.7 Å². The van der Waals surface area contributed by atoms with E-state index in [1.54, 1.807) is 11.1 Å². The fourth-order valence-electron chi connectivity index (χ4n) is 6.31. The van der Waals surface area contributed by atoms with Gasteiger partial charge in [0.1, 0.15) is 29.4 Å². The second-order valence-electron chi connectivity index (χ2n) is 13.1. The summed E-state index contributed by atoms with van der Waals surface area (Å²) < 4.78 is 9.44. The lowest BCUT2D eigenvalue weighted by Gasteiger charge is -2.30. The van der Waals surface area contributed by atoms with E-state index in [1.165, 1.54) is 14.2 Å². The van der Waals surface area contributed by atoms with Crippen LogP contribution in [0.4, 0.5) is 9.59 Å². The summed E-state index contributed by atoms with van der Waals surface area (Å²) in [5.74, 6) is 7.40. The van der Waals surface area contributed by atoms with Gasteiger partial charge in [-0.2, -0.15) is 0 Å². The molecule has 0 aliphatic carbocycles. The lowest BCUT2D eigenvalue weighted by Crippen LogP contribution is -2.51. The van der Waals surface area contributed by atoms with Gasteiger partial charge in [-0.15, -0.1) is 0 Å². The lowest BCUT2D eigenvalue weighted by molar-refractivity contribution is -0.136. The first kappa shape index (κ1) is 36.3. The molecule has 2 aromatic rings. The molecule has 48 heavy (non-hydrogen) atoms. The number of nitrogens with zero attached hydrogens (tertiary/aromatic N) is 4. The summed E-state index contributed by atoms with van der Waals surface area (Å²) >= 11 is 0. The van der Waals surface area contributed by atoms with Gasteiger partial charge in [-0.1, -0.05) is 33.6 Å². The van der Waals surface area contributed by atoms with Crippen molar-refractivity contribution in [1.82, 2.24) is 40.4 Å². The van der Waals surface area contributed by atoms with Crippen LogP contribution in [-0.4, -0.2) is 93.1 Å². The normalized spacial score (nSPS) is 18.8. The fourth-order valence-corrected chi connectivity index (χ4v) is 6.31. The summed E-state index contributed by atoms with van der Waals surface area (Å²) in [5, 5.41) is 5.35. The summed E-state index contributed by atoms with van der Waals surface area (Å²) in [6.07, 6.45) is 8.97. The molecule has 2 fully saturated rings. The van der Waals surface area contributed by atoms with Gasteiger partial charge in [0.15, 0.2) is 0 Å². The van der Waals surface area contributed by atoms with Crippen molar-refractivity contribution >= 4 is 24.0 Å². The number of hydrogen-bond acceptors (Lipinski definition) is 8. The maximum atomic E-state index is 13.4. The number of alkyl carbamates (subject to hydrolysis) is 2. The number of hydrogen-bond donors (Lipinski definition) is 4. The van der Waals surface area contributed by atoms with Gasteiger partial charge < -0.3 is 39.9 Å². The second-order valence-corrected chi connectivity index (χ2v) is 13.1. The molecular weight excluding hydrogens is 616 g/mol. The van der Waals surface area contributed by atoms with Gasteiger partial charge in [0.25, 0.3) is 0 Å². The highest BCUT2D eigenvalue weighted by Gasteiger charge is 2.38. The summed E-state index contributed by atoms with van der Waals surface area (Å²) in [6.45, 7) is 8.79. The number of likely N-dealkylation sites (tertiary alicyclic amines) is 2. The van der Waals surface area contributed by atoms with E-state index in [0.717, 1.165) is 56.5 Å². The van der Waals surface area contributed by atoms with E-state index in [-0.39, 0.29) is 35.7 Å². The molecule has 0 aromatic carbocycles. The number of carbonyl (C=O) groups is 4. The molecule has 14 nitrogen and oxygen atoms in total. The first-order chi connectivity index (χ1) is 23.0. The zero-order valence-corrected chi connectivity index (χ0v) is 28.9. The van der Waals surface area contributed by atoms with Crippen molar-refractivity contribution in [3.63, 3.8) is 0 Å². The molecular formula is C34H50N8O6. The molecule has 2 aliphatic rings. The van der Waals surface area contributed by atoms with Gasteiger partial charge in [-0.25, -0.2) is 19.6 Å². The Labute approximate surface area is 282 Å². The summed E-state index contributed by atoms with van der Waals surface area (Å²) in [5.41, 5.74) is 1.72. The van der Waals surface area contributed by atoms with Crippen molar-refractivity contribution in [3.8, 4) is 11.8 Å². The first-order valence-electron chi connectivity index (χ1n) is 16.9. The number of amides is 4. The second kappa shape index (κ2) is 17.0. The highest BCUT2D eigenvalue weighted by molar-refractivity contribution is 5.87. The Morgan fingerprint density at radius 2 is 1.35 bits per heavy atom. The summed E-state index contributed by atoms with van der Waals surface area (Å²) in [7, 11) is 2.57. The molecule has 0 radical (unpaired) electrons. The Morgan fingerprint density at radius 1 is 0.833 bits per heavy atom. The number of unbranched alkanes of at least 4 members (excludes halogenated alkanes) is 2. The maximum Gasteiger partial charge on any atom is 0.407 e. The SMILES string of the molecule is COC(=O)N[C@@H](C(=O)N1CCC[C@H]1c1ncc(C#CCCCCc2cnc([C@@H]3CCCN3C(=O)[C@H](NC(=O)OC)C(C)C)[nH]2)[nH]1)C(C)C. The monoisotopic (exact) mass is 666 g/mol. The van der Waals surface area contributed by atoms with Crippen LogP contribution in [0.1, 0.15) is 108 Å². The molecule has 0 unspecified atom stereocenters. The number of nitrogens with one attached hydrogen (secondary N) is 4. The number of imidazole rings is 2. The van der Waals surface area contributed by atoms with E-state index < -0.39 is 24.3 Å². The lowest BCUT2D eigenvalue weighted by atomic mass is 10.0. The number of H-pyrrole nitrogens is 2. The highest BCUT2D eigenvalue weighted by atomic mass is 16.5. The topological polar surface area (TPSA) is 175 Å². The zero-order chi connectivity index (χ0) is 34.8. The third kappa shape index (κ3) is 9.08. The molecule has 14 heteroatoms. The van der Waals surface area contributed by atoms with Crippen LogP contribution in [0.15, 0.2) is 12.4 Å². The summed E-state index contributed by atoms with van der Waals surface area (Å²) in [4.78, 5) is 69.8. The molecule has 2 aromatic heterocycles. The van der Waals surface area contributed by atoms with Crippen molar-refractivity contribution < 1.29 is 28.7 Å². The van der Waals surface area contributed by atoms with Crippen LogP contribution < -0.4 is 10.6 Å². The van der Waals surface area contributed by atoms with Gasteiger partial charge >= 0.3 is 12.2 Å². The zero-order valence-electron chi connectivity index (χ0n) is 28.9. The van der Waals surface area contributed by atoms with Crippen LogP contribution in [0.5, 0.6) is 0 Å². The highest BCUT2D eigenvalue weighted by Crippen LogP contribution is 2.32. The molecule has 2 saturated heterocycles. The van der Waals surface area contributed by atoms with Crippen molar-refractivity contribution in [2.75, 3.05) is 27.3 Å². The predicted octanol–water partition coefficient (Wildman–Crippen LogP) is 3.99. The number of carbonyl (C=O) groups excluding carboxylic acids is 4. The molecule has 4 heterocycles. The number of aromatic nitrogens is 4. The van der Waals surface area contributed by atoms with Gasteiger partial charge in [0, 0.05) is 31.4 Å². The summed E-state index contributed by atoms with van der Waals surface area (Å²) in [6, 6.07) is -1.69. The van der Waals surface area contributed by atoms with Crippen LogP contribution in [0, 0.1) is 23.7 Å². The third-order valence-electron chi connectivity index (χ3n) is 8.95. The molecule has 0 saturated carbocycles. The molecule has 4 amide bonds. The minimum absolute atomic E-state index is 0.0855. The third-order valence-corrected chi connectivity index (χ3v) is 8.95. The Hall–Kier alpha value is -4.54. The minimum Gasteiger partial charge on any atom is -0.453 e. The van der Waals surface area contributed by atoms with Crippen LogP contribution in [0.25, 0.3) is 0 Å². The number of aryl methyl sites for hydroxylation is 1. The predicted molar refractivity (Wildman–Crippen MR) is 177 cm³/mol. The average molecular weight is 667 g/mol. The Morgan fingerprint density at radius 3 is 1.88 bits per heavy atom. The van der Waals surface area contributed by atoms with Gasteiger partial charge in [-0.3, -0.25) is 9.59 Å². The fraction of sp³-hybridized carbons (Fsp3) is 0.647. The van der Waals surface area contributed by atoms with E-state index in [1.807, 2.05) is 38.8 Å². The van der Waals surface area contributed by atoms with Crippen LogP contribution >= 0.6 is 0 Å². The maximum absolute atomic E-state index is 13.4. The smallest absolute Gasteiger partial charge is 0.407 e. The van der Waals surface area contributed by atoms with E-state index in [0.29, 0.717) is 31.0 Å². The first-order valence-corrected chi connectivity index (χ1v) is 16.9. The van der Waals surface area contributed by atoms with Crippen molar-refractivity contribution in [3.05, 3.63) is 35.4 Å². The quantitative estimate of drug-likeness (QED) is 0.194. The Bertz CT molecular complexity index is 1470. The van der Waals surface area contributed by atoms with Gasteiger partial charge in [0.05, 0.1) is 32.5 Å². The van der Waals surface area contributed by atoms with E-state index in [4.69, 9.17) is 9.47 Å². The molecule has 0 bridgehead atoms. The molecule has 2 aliphatic heterocycles. The van der Waals surface area contributed by atoms with Crippen molar-refractivity contribution in [2.45, 2.75) is 103 Å². The van der Waals surface area contributed by atoms with E-state index >= 15 is 0 Å². The molecule has 4 N–H and O–H groups in total. The number of methoxy groups -OCH3 is 2. The van der Waals surface area contributed by atoms with Crippen LogP contribution in [0.3, 0.4) is 0 Å². The minimum atomic E-state index is -0.679. The number of ether oxygens (including phenoxy) is 2. The van der Waals surface area contributed by atoms with Crippen molar-refractivity contribution in [1.29, 1.82) is 0 Å². The number of rotatable bonds is 12. The molecule has 0 spiro atoms. The number of aromatic amines is 2. The molecule has 4 atom stereocenters. The van der Waals surface area contributed by atoms with E-state index in [2.05, 4.69) is 42.4 Å². The molecule has 262 valence electrons. The molecule has 4 rings (SSSR count). The van der Waals surface area contributed by atoms with E-state index in [9.17, 15) is 19.2 Å². The standard InChI is InChI=1S/C34H50N8O6/c1-21(2)27(39-33(45)47-5)31(43)41-17-11-15-25(41)29-35-19-23(37-29)13-9-7-8-10-14-24-20-36-30(38-24)26-16-12-18-42(26)32(44)28(22(3)4)40-34(46)48-6/h19-22,25-28H,7-9,11-13,15-18H2,1-6H3,(H,35,37)(H,36,38)(H,39,45)(H,40,46)/t25-,26-,27+,28+/m0/s1. The Kier molecular flexibility index (Phi) is 12.9. The largest absolute Gasteiger partial charge is 0.453 e.